The van der Waals surface area contributed by atoms with Gasteiger partial charge in [-0.25, -0.2) is 5.32 Å². The number of rotatable bonds is 3. The summed E-state index contributed by atoms with van der Waals surface area (Å²) in [5, 5.41) is 6.86. The monoisotopic (exact) mass is 348 g/mol. The molecule has 0 bridgehead atoms. The summed E-state index contributed by atoms with van der Waals surface area (Å²) in [4.78, 5) is 3.30. The van der Waals surface area contributed by atoms with Gasteiger partial charge in [0.25, 0.3) is 0 Å². The highest BCUT2D eigenvalue weighted by molar-refractivity contribution is 8.14. The fourth-order valence-corrected chi connectivity index (χ4v) is 2.52. The van der Waals surface area contributed by atoms with Crippen molar-refractivity contribution in [1.82, 2.24) is 0 Å². The number of anilines is 1. The van der Waals surface area contributed by atoms with Crippen molar-refractivity contribution in [2.45, 2.75) is 6.92 Å². The fraction of sp³-hybridized carbons (Fsp3) is 0.188. The lowest BCUT2D eigenvalue weighted by molar-refractivity contribution is -0.449. The van der Waals surface area contributed by atoms with Gasteiger partial charge >= 0.3 is 5.17 Å². The van der Waals surface area contributed by atoms with Crippen molar-refractivity contribution in [2.24, 2.45) is 0 Å². The van der Waals surface area contributed by atoms with E-state index in [1.807, 2.05) is 6.07 Å². The fourth-order valence-electron chi connectivity index (χ4n) is 1.86. The normalized spacial score (nSPS) is 10.7. The van der Waals surface area contributed by atoms with Crippen molar-refractivity contribution in [3.63, 3.8) is 0 Å². The Balaban J connectivity index is 0.00000200. The van der Waals surface area contributed by atoms with Crippen molar-refractivity contribution < 1.29 is 22.0 Å². The molecule has 104 valence electrons. The third-order valence-electron chi connectivity index (χ3n) is 2.68. The summed E-state index contributed by atoms with van der Waals surface area (Å²) in [5.74, 6) is 3.29. The Labute approximate surface area is 134 Å². The molecule has 20 heavy (non-hydrogen) atoms. The Kier molecular flexibility index (Phi) is 7.21. The molecule has 0 heterocycles. The molecule has 2 N–H and O–H groups in total. The summed E-state index contributed by atoms with van der Waals surface area (Å²) < 4.78 is 0. The predicted octanol–water partition coefficient (Wildman–Crippen LogP) is -0.921. The molecule has 0 unspecified atom stereocenters. The van der Waals surface area contributed by atoms with E-state index >= 15 is 0 Å². The van der Waals surface area contributed by atoms with Crippen molar-refractivity contribution in [3.8, 4) is 12.3 Å². The minimum Gasteiger partial charge on any atom is -1.00 e. The SMILES string of the molecule is C#CCSC(Nc1cccc2ccccc12)=[NH+]CC.[Br-]. The van der Waals surface area contributed by atoms with Gasteiger partial charge in [-0.1, -0.05) is 42.3 Å². The van der Waals surface area contributed by atoms with Crippen LogP contribution in [0.4, 0.5) is 5.69 Å². The van der Waals surface area contributed by atoms with E-state index in [0.717, 1.165) is 17.4 Å². The molecule has 2 aromatic rings. The lowest BCUT2D eigenvalue weighted by Crippen LogP contribution is -3.00. The van der Waals surface area contributed by atoms with Crippen LogP contribution in [0.2, 0.25) is 0 Å². The molecular weight excluding hydrogens is 332 g/mol. The zero-order valence-corrected chi connectivity index (χ0v) is 13.7. The molecule has 2 rings (SSSR count). The molecule has 2 aromatic carbocycles. The van der Waals surface area contributed by atoms with Crippen molar-refractivity contribution in [3.05, 3.63) is 42.5 Å². The van der Waals surface area contributed by atoms with Gasteiger partial charge in [-0.15, -0.1) is 6.42 Å². The predicted molar refractivity (Wildman–Crippen MR) is 85.4 cm³/mol. The van der Waals surface area contributed by atoms with Crippen LogP contribution in [0, 0.1) is 12.3 Å². The van der Waals surface area contributed by atoms with E-state index in [4.69, 9.17) is 6.42 Å². The maximum absolute atomic E-state index is 5.32. The number of fused-ring (bicyclic) bond motifs is 1. The van der Waals surface area contributed by atoms with Crippen LogP contribution in [0.3, 0.4) is 0 Å². The highest BCUT2D eigenvalue weighted by Gasteiger charge is 2.10. The van der Waals surface area contributed by atoms with Crippen LogP contribution in [-0.2, 0) is 0 Å². The van der Waals surface area contributed by atoms with E-state index in [0.29, 0.717) is 5.75 Å². The molecule has 2 nitrogen and oxygen atoms in total. The molecule has 0 aliphatic heterocycles. The Morgan fingerprint density at radius 3 is 2.75 bits per heavy atom. The van der Waals surface area contributed by atoms with Crippen molar-refractivity contribution in [2.75, 3.05) is 17.6 Å². The van der Waals surface area contributed by atoms with E-state index in [2.05, 4.69) is 59.6 Å². The van der Waals surface area contributed by atoms with E-state index in [1.54, 1.807) is 11.8 Å². The molecule has 0 radical (unpaired) electrons. The topological polar surface area (TPSA) is 26.0 Å². The van der Waals surface area contributed by atoms with Crippen LogP contribution < -0.4 is 27.3 Å². The largest absolute Gasteiger partial charge is 1.00 e. The van der Waals surface area contributed by atoms with Gasteiger partial charge in [-0.2, -0.15) is 0 Å². The van der Waals surface area contributed by atoms with E-state index < -0.39 is 0 Å². The van der Waals surface area contributed by atoms with Crippen molar-refractivity contribution in [1.29, 1.82) is 0 Å². The number of halogens is 1. The van der Waals surface area contributed by atoms with Crippen LogP contribution in [-0.4, -0.2) is 17.5 Å². The van der Waals surface area contributed by atoms with Gasteiger partial charge < -0.3 is 17.0 Å². The number of hydrogen-bond donors (Lipinski definition) is 2. The molecule has 0 saturated carbocycles. The standard InChI is InChI=1S/C16H16N2S.BrH/c1-3-12-19-16(17-4-2)18-15-11-7-9-13-8-5-6-10-14(13)15;/h1,5-11H,4,12H2,2H3,(H,17,18);1H. The minimum absolute atomic E-state index is 0. The average molecular weight is 349 g/mol. The Bertz CT molecular complexity index is 626. The number of terminal acetylenes is 1. The lowest BCUT2D eigenvalue weighted by Gasteiger charge is -2.05. The van der Waals surface area contributed by atoms with Gasteiger partial charge in [0.05, 0.1) is 12.3 Å². The van der Waals surface area contributed by atoms with Gasteiger partial charge in [-0.3, -0.25) is 4.99 Å². The third kappa shape index (κ3) is 4.29. The van der Waals surface area contributed by atoms with Crippen LogP contribution in [0.1, 0.15) is 6.92 Å². The number of nitrogens with one attached hydrogen (secondary N) is 2. The third-order valence-corrected chi connectivity index (χ3v) is 3.52. The molecule has 0 fully saturated rings. The van der Waals surface area contributed by atoms with E-state index in [-0.39, 0.29) is 17.0 Å². The van der Waals surface area contributed by atoms with Gasteiger partial charge in [-0.05, 0) is 30.1 Å². The van der Waals surface area contributed by atoms with E-state index in [1.165, 1.54) is 10.8 Å². The first-order chi connectivity index (χ1) is 9.35. The summed E-state index contributed by atoms with van der Waals surface area (Å²) >= 11 is 1.61. The second-order valence-electron chi connectivity index (χ2n) is 4.00. The average Bonchev–Trinajstić information content (AvgIpc) is 2.45. The number of benzene rings is 2. The Morgan fingerprint density at radius 2 is 2.00 bits per heavy atom. The second kappa shape index (κ2) is 8.68. The van der Waals surface area contributed by atoms with Crippen LogP contribution >= 0.6 is 11.8 Å². The van der Waals surface area contributed by atoms with Gasteiger partial charge in [0.15, 0.2) is 0 Å². The first-order valence-corrected chi connectivity index (χ1v) is 7.25. The van der Waals surface area contributed by atoms with Gasteiger partial charge in [0.2, 0.25) is 0 Å². The van der Waals surface area contributed by atoms with E-state index in [9.17, 15) is 0 Å². The van der Waals surface area contributed by atoms with Crippen LogP contribution in [0.15, 0.2) is 42.5 Å². The quantitative estimate of drug-likeness (QED) is 0.426. The zero-order chi connectivity index (χ0) is 13.5. The molecule has 0 spiro atoms. The number of amidine groups is 1. The molecule has 0 aliphatic rings. The second-order valence-corrected chi connectivity index (χ2v) is 4.99. The molecular formula is C16H17BrN2S. The smallest absolute Gasteiger partial charge is 0.310 e. The first-order valence-electron chi connectivity index (χ1n) is 6.27. The van der Waals surface area contributed by atoms with Crippen LogP contribution in [0.25, 0.3) is 10.8 Å². The molecule has 0 saturated heterocycles. The first kappa shape index (κ1) is 16.6. The molecule has 0 aliphatic carbocycles. The summed E-state index contributed by atoms with van der Waals surface area (Å²) in [6, 6.07) is 14.6. The lowest BCUT2D eigenvalue weighted by atomic mass is 10.1. The molecule has 4 heteroatoms. The van der Waals surface area contributed by atoms with Crippen molar-refractivity contribution >= 4 is 33.4 Å². The highest BCUT2D eigenvalue weighted by atomic mass is 79.9. The Hall–Kier alpha value is -1.44. The molecule has 0 atom stereocenters. The van der Waals surface area contributed by atoms with Gasteiger partial charge in [0.1, 0.15) is 5.69 Å². The zero-order valence-electron chi connectivity index (χ0n) is 11.3. The summed E-state index contributed by atoms with van der Waals surface area (Å²) in [6.07, 6.45) is 5.32. The highest BCUT2D eigenvalue weighted by Crippen LogP contribution is 2.23. The number of thioether (sulfide) groups is 1. The summed E-state index contributed by atoms with van der Waals surface area (Å²) in [5.41, 5.74) is 1.10. The Morgan fingerprint density at radius 1 is 1.25 bits per heavy atom. The maximum atomic E-state index is 5.32. The minimum atomic E-state index is 0. The van der Waals surface area contributed by atoms with Crippen LogP contribution in [0.5, 0.6) is 0 Å². The number of hydrogen-bond acceptors (Lipinski definition) is 1. The molecule has 0 amide bonds. The van der Waals surface area contributed by atoms with Gasteiger partial charge in [0, 0.05) is 5.39 Å². The summed E-state index contributed by atoms with van der Waals surface area (Å²) in [7, 11) is 0. The summed E-state index contributed by atoms with van der Waals surface area (Å²) in [6.45, 7) is 2.94. The maximum Gasteiger partial charge on any atom is 0.310 e. The molecule has 0 aromatic heterocycles.